The quantitative estimate of drug-likeness (QED) is 0.796. The van der Waals surface area contributed by atoms with Crippen molar-refractivity contribution in [3.8, 4) is 0 Å². The number of nitrogens with one attached hydrogen (secondary N) is 1. The number of hydrogen-bond donors (Lipinski definition) is 2. The van der Waals surface area contributed by atoms with E-state index >= 15 is 0 Å². The van der Waals surface area contributed by atoms with Crippen LogP contribution in [0, 0.1) is 5.92 Å². The van der Waals surface area contributed by atoms with Gasteiger partial charge in [-0.2, -0.15) is 0 Å². The summed E-state index contributed by atoms with van der Waals surface area (Å²) < 4.78 is 5.16. The zero-order valence-electron chi connectivity index (χ0n) is 14.3. The summed E-state index contributed by atoms with van der Waals surface area (Å²) in [6, 6.07) is 5.69. The molecule has 25 heavy (non-hydrogen) atoms. The van der Waals surface area contributed by atoms with E-state index in [4.69, 9.17) is 9.84 Å². The van der Waals surface area contributed by atoms with E-state index < -0.39 is 18.1 Å². The first-order valence-electron chi connectivity index (χ1n) is 8.02. The van der Waals surface area contributed by atoms with E-state index in [1.54, 1.807) is 26.2 Å². The molecule has 2 rings (SSSR count). The Morgan fingerprint density at radius 3 is 2.52 bits per heavy atom. The summed E-state index contributed by atoms with van der Waals surface area (Å²) in [6.45, 7) is 0.0223. The van der Waals surface area contributed by atoms with Crippen molar-refractivity contribution in [3.63, 3.8) is 0 Å². The lowest BCUT2D eigenvalue weighted by Crippen LogP contribution is -2.46. The maximum Gasteiger partial charge on any atom is 0.407 e. The van der Waals surface area contributed by atoms with Crippen LogP contribution in [0.5, 0.6) is 0 Å². The molecule has 0 aromatic heterocycles. The first kappa shape index (κ1) is 18.5. The highest BCUT2D eigenvalue weighted by molar-refractivity contribution is 5.87. The van der Waals surface area contributed by atoms with E-state index in [2.05, 4.69) is 5.32 Å². The van der Waals surface area contributed by atoms with Gasteiger partial charge < -0.3 is 20.1 Å². The Balaban J connectivity index is 1.90. The predicted octanol–water partition coefficient (Wildman–Crippen LogP) is 2.03. The van der Waals surface area contributed by atoms with Crippen molar-refractivity contribution in [1.29, 1.82) is 0 Å². The number of hydrogen-bond acceptors (Lipinski definition) is 4. The van der Waals surface area contributed by atoms with Gasteiger partial charge in [0.25, 0.3) is 0 Å². The van der Waals surface area contributed by atoms with Crippen LogP contribution in [0.25, 0.3) is 0 Å². The zero-order chi connectivity index (χ0) is 18.4. The third-order valence-corrected chi connectivity index (χ3v) is 4.03. The smallest absolute Gasteiger partial charge is 0.407 e. The van der Waals surface area contributed by atoms with Crippen molar-refractivity contribution in [2.24, 2.45) is 5.92 Å². The fourth-order valence-electron chi connectivity index (χ4n) is 2.66. The normalized spacial score (nSPS) is 19.1. The van der Waals surface area contributed by atoms with E-state index in [1.165, 1.54) is 17.0 Å². The average molecular weight is 346 g/mol. The molecule has 0 spiro atoms. The Morgan fingerprint density at radius 1 is 1.24 bits per heavy atom. The molecule has 0 saturated heterocycles. The molecule has 0 fully saturated rings. The molecule has 1 aromatic rings. The fourth-order valence-corrected chi connectivity index (χ4v) is 2.66. The van der Waals surface area contributed by atoms with Crippen LogP contribution >= 0.6 is 0 Å². The Bertz CT molecular complexity index is 667. The fraction of sp³-hybridized carbons (Fsp3) is 0.389. The van der Waals surface area contributed by atoms with Crippen LogP contribution in [0.15, 0.2) is 36.4 Å². The molecule has 0 radical (unpaired) electrons. The number of allylic oxidation sites excluding steroid dienone is 1. The minimum atomic E-state index is -1.01. The number of benzene rings is 1. The minimum absolute atomic E-state index is 0.0223. The van der Waals surface area contributed by atoms with E-state index in [0.717, 1.165) is 6.42 Å². The highest BCUT2D eigenvalue weighted by Crippen LogP contribution is 2.21. The summed E-state index contributed by atoms with van der Waals surface area (Å²) >= 11 is 0. The van der Waals surface area contributed by atoms with Crippen molar-refractivity contribution in [2.75, 3.05) is 14.1 Å². The van der Waals surface area contributed by atoms with E-state index in [1.807, 2.05) is 12.2 Å². The number of ether oxygens (including phenoxy) is 1. The molecule has 7 heteroatoms. The number of rotatable bonds is 5. The van der Waals surface area contributed by atoms with Crippen LogP contribution in [0.4, 0.5) is 4.79 Å². The van der Waals surface area contributed by atoms with Crippen LogP contribution in [-0.4, -0.2) is 48.1 Å². The predicted molar refractivity (Wildman–Crippen MR) is 91.1 cm³/mol. The topological polar surface area (TPSA) is 95.9 Å². The molecule has 0 heterocycles. The monoisotopic (exact) mass is 346 g/mol. The number of carbonyl (C=O) groups is 3. The molecular formula is C18H22N2O5. The minimum Gasteiger partial charge on any atom is -0.478 e. The third kappa shape index (κ3) is 5.07. The van der Waals surface area contributed by atoms with Gasteiger partial charge in [-0.1, -0.05) is 24.3 Å². The lowest BCUT2D eigenvalue weighted by atomic mass is 9.88. The van der Waals surface area contributed by atoms with Gasteiger partial charge in [-0.15, -0.1) is 0 Å². The number of alkyl carbamates (subject to hydrolysis) is 1. The van der Waals surface area contributed by atoms with Crippen LogP contribution in [-0.2, 0) is 16.1 Å². The number of amides is 2. The molecule has 2 N–H and O–H groups in total. The van der Waals surface area contributed by atoms with Gasteiger partial charge in [-0.25, -0.2) is 9.59 Å². The second kappa shape index (κ2) is 8.32. The van der Waals surface area contributed by atoms with Crippen LogP contribution < -0.4 is 5.32 Å². The Labute approximate surface area is 146 Å². The first-order valence-corrected chi connectivity index (χ1v) is 8.02. The molecule has 2 amide bonds. The number of aromatic carboxylic acids is 1. The molecule has 0 saturated carbocycles. The van der Waals surface area contributed by atoms with Crippen molar-refractivity contribution >= 4 is 18.0 Å². The molecule has 0 unspecified atom stereocenters. The van der Waals surface area contributed by atoms with Crippen molar-refractivity contribution < 1.29 is 24.2 Å². The summed E-state index contributed by atoms with van der Waals surface area (Å²) in [7, 11) is 3.38. The summed E-state index contributed by atoms with van der Waals surface area (Å²) in [5.74, 6) is -1.34. The number of carbonyl (C=O) groups excluding carboxylic acids is 2. The van der Waals surface area contributed by atoms with Gasteiger partial charge >= 0.3 is 12.1 Å². The summed E-state index contributed by atoms with van der Waals surface area (Å²) in [5, 5.41) is 11.6. The maximum atomic E-state index is 12.2. The first-order chi connectivity index (χ1) is 11.9. The molecule has 1 aliphatic rings. The van der Waals surface area contributed by atoms with Gasteiger partial charge in [0.05, 0.1) is 17.5 Å². The van der Waals surface area contributed by atoms with Crippen LogP contribution in [0.3, 0.4) is 0 Å². The highest BCUT2D eigenvalue weighted by Gasteiger charge is 2.30. The Kier molecular flexibility index (Phi) is 6.16. The maximum absolute atomic E-state index is 12.2. The molecule has 1 aliphatic carbocycles. The van der Waals surface area contributed by atoms with E-state index in [-0.39, 0.29) is 24.0 Å². The SMILES string of the molecule is CN(C)C(=O)[C@H]1CCC=C[C@H]1NC(=O)OCc1ccc(C(=O)O)cc1. The van der Waals surface area contributed by atoms with Gasteiger partial charge in [0.2, 0.25) is 5.91 Å². The van der Waals surface area contributed by atoms with Crippen molar-refractivity contribution in [1.82, 2.24) is 10.2 Å². The molecule has 2 atom stereocenters. The van der Waals surface area contributed by atoms with E-state index in [0.29, 0.717) is 12.0 Å². The summed E-state index contributed by atoms with van der Waals surface area (Å²) in [4.78, 5) is 36.5. The summed E-state index contributed by atoms with van der Waals surface area (Å²) in [6.07, 6.45) is 4.62. The molecule has 0 bridgehead atoms. The molecule has 134 valence electrons. The lowest BCUT2D eigenvalue weighted by molar-refractivity contribution is -0.133. The van der Waals surface area contributed by atoms with Crippen LogP contribution in [0.1, 0.15) is 28.8 Å². The average Bonchev–Trinajstić information content (AvgIpc) is 2.60. The van der Waals surface area contributed by atoms with Gasteiger partial charge in [0.15, 0.2) is 0 Å². The number of carboxylic acids is 1. The second-order valence-electron chi connectivity index (χ2n) is 6.09. The second-order valence-corrected chi connectivity index (χ2v) is 6.09. The van der Waals surface area contributed by atoms with Crippen LogP contribution in [0.2, 0.25) is 0 Å². The van der Waals surface area contributed by atoms with E-state index in [9.17, 15) is 14.4 Å². The van der Waals surface area contributed by atoms with Gasteiger partial charge in [0, 0.05) is 14.1 Å². The summed E-state index contributed by atoms with van der Waals surface area (Å²) in [5.41, 5.74) is 0.853. The van der Waals surface area contributed by atoms with Crippen molar-refractivity contribution in [2.45, 2.75) is 25.5 Å². The number of carboxylic acid groups (broad SMARTS) is 1. The molecule has 0 aliphatic heterocycles. The third-order valence-electron chi connectivity index (χ3n) is 4.03. The largest absolute Gasteiger partial charge is 0.478 e. The lowest BCUT2D eigenvalue weighted by Gasteiger charge is -2.29. The molecule has 1 aromatic carbocycles. The van der Waals surface area contributed by atoms with Gasteiger partial charge in [-0.05, 0) is 30.5 Å². The number of nitrogens with zero attached hydrogens (tertiary/aromatic N) is 1. The van der Waals surface area contributed by atoms with Crippen molar-refractivity contribution in [3.05, 3.63) is 47.5 Å². The zero-order valence-corrected chi connectivity index (χ0v) is 14.3. The van der Waals surface area contributed by atoms with Gasteiger partial charge in [0.1, 0.15) is 6.61 Å². The highest BCUT2D eigenvalue weighted by atomic mass is 16.5. The Morgan fingerprint density at radius 2 is 1.92 bits per heavy atom. The van der Waals surface area contributed by atoms with Gasteiger partial charge in [-0.3, -0.25) is 4.79 Å². The Hall–Kier alpha value is -2.83. The molecule has 7 nitrogen and oxygen atoms in total. The standard InChI is InChI=1S/C18H22N2O5/c1-20(2)16(21)14-5-3-4-6-15(14)19-18(24)25-11-12-7-9-13(10-8-12)17(22)23/h4,6-10,14-15H,3,5,11H2,1-2H3,(H,19,24)(H,22,23)/t14-,15+/m0/s1. The molecular weight excluding hydrogens is 324 g/mol.